The molecule has 2 aromatic rings. The molecule has 2 unspecified atom stereocenters. The Morgan fingerprint density at radius 1 is 1.17 bits per heavy atom. The van der Waals surface area contributed by atoms with E-state index in [0.29, 0.717) is 0 Å². The Labute approximate surface area is 141 Å². The van der Waals surface area contributed by atoms with Gasteiger partial charge in [0.25, 0.3) is 0 Å². The Hall–Kier alpha value is -1.58. The van der Waals surface area contributed by atoms with Gasteiger partial charge in [-0.3, -0.25) is 0 Å². The molecule has 0 aliphatic heterocycles. The van der Waals surface area contributed by atoms with Crippen LogP contribution in [0.25, 0.3) is 10.9 Å². The molecular weight excluding hydrogens is 406 g/mol. The van der Waals surface area contributed by atoms with Gasteiger partial charge >= 0.3 is 6.18 Å². The fraction of sp³-hybridized carbons (Fsp3) is 0.429. The van der Waals surface area contributed by atoms with E-state index >= 15 is 0 Å². The number of fused-ring (bicyclic) bond motifs is 1. The summed E-state index contributed by atoms with van der Waals surface area (Å²) in [5.41, 5.74) is -0.566. The van der Waals surface area contributed by atoms with Crippen molar-refractivity contribution in [3.05, 3.63) is 28.1 Å². The number of halogens is 7. The van der Waals surface area contributed by atoms with Crippen molar-refractivity contribution in [2.24, 2.45) is 0 Å². The molecule has 0 fully saturated rings. The van der Waals surface area contributed by atoms with Crippen LogP contribution in [0.4, 0.5) is 26.3 Å². The SMILES string of the molecule is COc1ccc(Br)c2nc(C(F)(F)F)nc(CC(F)C(F)CF)c12. The third-order valence-electron chi connectivity index (χ3n) is 3.24. The van der Waals surface area contributed by atoms with Gasteiger partial charge in [0, 0.05) is 10.9 Å². The first-order valence-corrected chi connectivity index (χ1v) is 7.42. The van der Waals surface area contributed by atoms with E-state index in [1.807, 2.05) is 0 Å². The Morgan fingerprint density at radius 2 is 1.83 bits per heavy atom. The van der Waals surface area contributed by atoms with Gasteiger partial charge in [-0.2, -0.15) is 13.2 Å². The van der Waals surface area contributed by atoms with Crippen molar-refractivity contribution in [3.63, 3.8) is 0 Å². The molecule has 0 radical (unpaired) electrons. The van der Waals surface area contributed by atoms with E-state index < -0.39 is 43.1 Å². The molecule has 1 aromatic heterocycles. The first kappa shape index (κ1) is 18.8. The average Bonchev–Trinajstić information content (AvgIpc) is 2.53. The fourth-order valence-electron chi connectivity index (χ4n) is 2.10. The van der Waals surface area contributed by atoms with Gasteiger partial charge in [-0.25, -0.2) is 23.1 Å². The van der Waals surface area contributed by atoms with E-state index in [-0.39, 0.29) is 21.1 Å². The molecule has 0 saturated heterocycles. The highest BCUT2D eigenvalue weighted by Crippen LogP contribution is 2.36. The summed E-state index contributed by atoms with van der Waals surface area (Å²) in [4.78, 5) is 6.75. The highest BCUT2D eigenvalue weighted by molar-refractivity contribution is 9.10. The summed E-state index contributed by atoms with van der Waals surface area (Å²) in [5, 5.41) is 0.00795. The van der Waals surface area contributed by atoms with Crippen molar-refractivity contribution < 1.29 is 31.1 Å². The van der Waals surface area contributed by atoms with Gasteiger partial charge in [0.1, 0.15) is 18.6 Å². The topological polar surface area (TPSA) is 35.0 Å². The van der Waals surface area contributed by atoms with Crippen LogP contribution in [0.3, 0.4) is 0 Å². The molecule has 3 nitrogen and oxygen atoms in total. The second-order valence-corrected chi connectivity index (χ2v) is 5.71. The lowest BCUT2D eigenvalue weighted by Gasteiger charge is -2.16. The van der Waals surface area contributed by atoms with Crippen LogP contribution in [-0.4, -0.2) is 36.1 Å². The maximum absolute atomic E-state index is 13.8. The zero-order valence-electron chi connectivity index (χ0n) is 12.2. The van der Waals surface area contributed by atoms with Crippen molar-refractivity contribution in [2.45, 2.75) is 24.9 Å². The van der Waals surface area contributed by atoms with Crippen LogP contribution < -0.4 is 4.74 Å². The van der Waals surface area contributed by atoms with Gasteiger partial charge < -0.3 is 4.74 Å². The second-order valence-electron chi connectivity index (χ2n) is 4.86. The number of rotatable bonds is 5. The molecule has 0 saturated carbocycles. The van der Waals surface area contributed by atoms with Gasteiger partial charge in [0.2, 0.25) is 5.82 Å². The molecule has 2 rings (SSSR count). The van der Waals surface area contributed by atoms with Crippen LogP contribution in [0, 0.1) is 0 Å². The number of hydrogen-bond acceptors (Lipinski definition) is 3. The van der Waals surface area contributed by atoms with Crippen molar-refractivity contribution >= 4 is 26.8 Å². The van der Waals surface area contributed by atoms with Crippen molar-refractivity contribution in [1.82, 2.24) is 9.97 Å². The van der Waals surface area contributed by atoms with Crippen molar-refractivity contribution in [1.29, 1.82) is 0 Å². The van der Waals surface area contributed by atoms with Crippen LogP contribution in [0.2, 0.25) is 0 Å². The van der Waals surface area contributed by atoms with Crippen molar-refractivity contribution in [2.75, 3.05) is 13.8 Å². The molecule has 0 aliphatic carbocycles. The van der Waals surface area contributed by atoms with Gasteiger partial charge in [-0.05, 0) is 28.1 Å². The van der Waals surface area contributed by atoms with Gasteiger partial charge in [-0.1, -0.05) is 0 Å². The fourth-order valence-corrected chi connectivity index (χ4v) is 2.52. The number of hydrogen-bond donors (Lipinski definition) is 0. The third-order valence-corrected chi connectivity index (χ3v) is 3.88. The summed E-state index contributed by atoms with van der Waals surface area (Å²) in [7, 11) is 1.26. The standard InChI is InChI=1S/C14H11BrF6N2O/c1-24-10-3-2-6(15)12-11(10)9(4-7(17)8(18)5-16)22-13(23-12)14(19,20)21/h2-3,7-8H,4-5H2,1H3. The van der Waals surface area contributed by atoms with E-state index in [2.05, 4.69) is 25.9 Å². The van der Waals surface area contributed by atoms with Crippen LogP contribution in [0.1, 0.15) is 11.5 Å². The third kappa shape index (κ3) is 3.73. The molecular formula is C14H11BrF6N2O. The lowest BCUT2D eigenvalue weighted by Crippen LogP contribution is -2.23. The van der Waals surface area contributed by atoms with Gasteiger partial charge in [0.15, 0.2) is 6.17 Å². The molecule has 10 heteroatoms. The smallest absolute Gasteiger partial charge is 0.451 e. The van der Waals surface area contributed by atoms with E-state index in [1.54, 1.807) is 0 Å². The molecule has 0 spiro atoms. The Balaban J connectivity index is 2.71. The molecule has 24 heavy (non-hydrogen) atoms. The van der Waals surface area contributed by atoms with Crippen LogP contribution >= 0.6 is 15.9 Å². The molecule has 0 amide bonds. The number of nitrogens with zero attached hydrogens (tertiary/aromatic N) is 2. The zero-order chi connectivity index (χ0) is 18.1. The maximum atomic E-state index is 13.8. The highest BCUT2D eigenvalue weighted by atomic mass is 79.9. The second kappa shape index (κ2) is 7.12. The zero-order valence-corrected chi connectivity index (χ0v) is 13.8. The Morgan fingerprint density at radius 3 is 2.38 bits per heavy atom. The number of ether oxygens (including phenoxy) is 1. The minimum absolute atomic E-state index is 0.00795. The highest BCUT2D eigenvalue weighted by Gasteiger charge is 2.36. The molecule has 2 atom stereocenters. The summed E-state index contributed by atoms with van der Waals surface area (Å²) in [6, 6.07) is 2.83. The molecule has 0 N–H and O–H groups in total. The van der Waals surface area contributed by atoms with Crippen LogP contribution in [-0.2, 0) is 12.6 Å². The minimum atomic E-state index is -4.88. The monoisotopic (exact) mass is 416 g/mol. The Kier molecular flexibility index (Phi) is 5.56. The number of methoxy groups -OCH3 is 1. The largest absolute Gasteiger partial charge is 0.496 e. The summed E-state index contributed by atoms with van der Waals surface area (Å²) < 4.78 is 83.4. The van der Waals surface area contributed by atoms with E-state index in [1.165, 1.54) is 19.2 Å². The summed E-state index contributed by atoms with van der Waals surface area (Å²) >= 11 is 3.06. The number of aromatic nitrogens is 2. The van der Waals surface area contributed by atoms with Gasteiger partial charge in [0.05, 0.1) is 23.7 Å². The van der Waals surface area contributed by atoms with E-state index in [0.717, 1.165) is 0 Å². The molecule has 0 aliphatic rings. The lowest BCUT2D eigenvalue weighted by atomic mass is 10.1. The molecule has 132 valence electrons. The molecule has 0 bridgehead atoms. The first-order chi connectivity index (χ1) is 11.2. The normalized spacial score (nSPS) is 14.7. The van der Waals surface area contributed by atoms with Crippen LogP contribution in [0.5, 0.6) is 5.75 Å². The summed E-state index contributed by atoms with van der Waals surface area (Å²) in [5.74, 6) is -1.40. The molecule has 1 heterocycles. The van der Waals surface area contributed by atoms with Crippen LogP contribution in [0.15, 0.2) is 16.6 Å². The van der Waals surface area contributed by atoms with E-state index in [4.69, 9.17) is 4.74 Å². The summed E-state index contributed by atoms with van der Waals surface area (Å²) in [6.07, 6.45) is -10.5. The lowest BCUT2D eigenvalue weighted by molar-refractivity contribution is -0.144. The Bertz CT molecular complexity index is 739. The van der Waals surface area contributed by atoms with Gasteiger partial charge in [-0.15, -0.1) is 0 Å². The first-order valence-electron chi connectivity index (χ1n) is 6.63. The predicted molar refractivity (Wildman–Crippen MR) is 78.3 cm³/mol. The van der Waals surface area contributed by atoms with Crippen molar-refractivity contribution in [3.8, 4) is 5.75 Å². The van der Waals surface area contributed by atoms with E-state index in [9.17, 15) is 26.3 Å². The molecule has 1 aromatic carbocycles. The number of benzene rings is 1. The number of alkyl halides is 6. The quantitative estimate of drug-likeness (QED) is 0.667. The minimum Gasteiger partial charge on any atom is -0.496 e. The average molecular weight is 417 g/mol. The predicted octanol–water partition coefficient (Wildman–Crippen LogP) is 4.61. The summed E-state index contributed by atoms with van der Waals surface area (Å²) in [6.45, 7) is -1.59. The maximum Gasteiger partial charge on any atom is 0.451 e.